The minimum atomic E-state index is -0.565. The van der Waals surface area contributed by atoms with Crippen LogP contribution in [-0.2, 0) is 0 Å². The van der Waals surface area contributed by atoms with Crippen LogP contribution >= 0.6 is 11.6 Å². The molecule has 5 heteroatoms. The van der Waals surface area contributed by atoms with E-state index in [-0.39, 0.29) is 11.4 Å². The van der Waals surface area contributed by atoms with Gasteiger partial charge in [0.1, 0.15) is 0 Å². The SMILES string of the molecule is C=COc1ccc(Cl)cc1[N+](=O)[O-]. The summed E-state index contributed by atoms with van der Waals surface area (Å²) in [6.45, 7) is 3.30. The van der Waals surface area contributed by atoms with Crippen molar-refractivity contribution in [1.82, 2.24) is 0 Å². The molecule has 4 nitrogen and oxygen atoms in total. The molecule has 0 heterocycles. The van der Waals surface area contributed by atoms with Gasteiger partial charge in [-0.15, -0.1) is 0 Å². The average Bonchev–Trinajstić information content (AvgIpc) is 2.08. The maximum atomic E-state index is 10.5. The van der Waals surface area contributed by atoms with Crippen molar-refractivity contribution in [2.75, 3.05) is 0 Å². The average molecular weight is 200 g/mol. The number of nitro benzene ring substituents is 1. The molecule has 1 rings (SSSR count). The first-order chi connectivity index (χ1) is 6.15. The van der Waals surface area contributed by atoms with Crippen LogP contribution < -0.4 is 4.74 Å². The van der Waals surface area contributed by atoms with E-state index in [2.05, 4.69) is 6.58 Å². The van der Waals surface area contributed by atoms with Crippen LogP contribution in [0.4, 0.5) is 5.69 Å². The normalized spacial score (nSPS) is 9.31. The van der Waals surface area contributed by atoms with Crippen LogP contribution in [0.3, 0.4) is 0 Å². The van der Waals surface area contributed by atoms with E-state index >= 15 is 0 Å². The van der Waals surface area contributed by atoms with Crippen LogP contribution in [0.15, 0.2) is 31.0 Å². The number of hydrogen-bond donors (Lipinski definition) is 0. The first kappa shape index (κ1) is 9.54. The van der Waals surface area contributed by atoms with Gasteiger partial charge in [0.15, 0.2) is 0 Å². The highest BCUT2D eigenvalue weighted by molar-refractivity contribution is 6.30. The van der Waals surface area contributed by atoms with Gasteiger partial charge in [0.2, 0.25) is 5.75 Å². The van der Waals surface area contributed by atoms with Crippen LogP contribution in [0.2, 0.25) is 5.02 Å². The summed E-state index contributed by atoms with van der Waals surface area (Å²) in [5.41, 5.74) is -0.174. The molecule has 0 unspecified atom stereocenters. The van der Waals surface area contributed by atoms with Crippen LogP contribution in [0.25, 0.3) is 0 Å². The molecule has 13 heavy (non-hydrogen) atoms. The Morgan fingerprint density at radius 1 is 1.62 bits per heavy atom. The summed E-state index contributed by atoms with van der Waals surface area (Å²) in [5, 5.41) is 10.8. The van der Waals surface area contributed by atoms with Crippen molar-refractivity contribution in [2.45, 2.75) is 0 Å². The number of hydrogen-bond acceptors (Lipinski definition) is 3. The summed E-state index contributed by atoms with van der Waals surface area (Å²) in [6, 6.07) is 4.15. The Kier molecular flexibility index (Phi) is 2.87. The predicted octanol–water partition coefficient (Wildman–Crippen LogP) is 2.77. The molecule has 1 aromatic carbocycles. The highest BCUT2D eigenvalue weighted by Gasteiger charge is 2.14. The summed E-state index contributed by atoms with van der Waals surface area (Å²) in [5.74, 6) is 0.129. The lowest BCUT2D eigenvalue weighted by atomic mass is 10.3. The summed E-state index contributed by atoms with van der Waals surface area (Å²) in [4.78, 5) is 9.92. The molecule has 68 valence electrons. The maximum absolute atomic E-state index is 10.5. The number of ether oxygens (including phenoxy) is 1. The first-order valence-corrected chi connectivity index (χ1v) is 3.74. The van der Waals surface area contributed by atoms with E-state index in [1.165, 1.54) is 18.2 Å². The van der Waals surface area contributed by atoms with E-state index < -0.39 is 4.92 Å². The van der Waals surface area contributed by atoms with Gasteiger partial charge in [0.05, 0.1) is 11.2 Å². The van der Waals surface area contributed by atoms with Gasteiger partial charge < -0.3 is 4.74 Å². The zero-order chi connectivity index (χ0) is 9.84. The van der Waals surface area contributed by atoms with E-state index in [1.54, 1.807) is 0 Å². The number of nitrogens with zero attached hydrogens (tertiary/aromatic N) is 1. The van der Waals surface area contributed by atoms with Crippen LogP contribution in [0.1, 0.15) is 0 Å². The lowest BCUT2D eigenvalue weighted by Crippen LogP contribution is -1.92. The number of benzene rings is 1. The van der Waals surface area contributed by atoms with Crippen molar-refractivity contribution < 1.29 is 9.66 Å². The molecule has 0 fully saturated rings. The van der Waals surface area contributed by atoms with Crippen molar-refractivity contribution in [1.29, 1.82) is 0 Å². The molecule has 0 N–H and O–H groups in total. The molecule has 0 saturated heterocycles. The third-order valence-corrected chi connectivity index (χ3v) is 1.56. The minimum absolute atomic E-state index is 0.129. The van der Waals surface area contributed by atoms with Gasteiger partial charge in [-0.05, 0) is 12.1 Å². The third kappa shape index (κ3) is 2.19. The highest BCUT2D eigenvalue weighted by Crippen LogP contribution is 2.29. The zero-order valence-corrected chi connectivity index (χ0v) is 7.32. The van der Waals surface area contributed by atoms with Gasteiger partial charge in [-0.1, -0.05) is 18.2 Å². The number of nitro groups is 1. The van der Waals surface area contributed by atoms with Gasteiger partial charge in [-0.2, -0.15) is 0 Å². The second kappa shape index (κ2) is 3.91. The Balaban J connectivity index is 3.17. The molecule has 0 aliphatic carbocycles. The molecular formula is C8H6ClNO3. The van der Waals surface area contributed by atoms with Crippen molar-refractivity contribution in [3.05, 3.63) is 46.2 Å². The van der Waals surface area contributed by atoms with Gasteiger partial charge in [-0.25, -0.2) is 0 Å². The molecule has 1 aromatic rings. The summed E-state index contributed by atoms with van der Waals surface area (Å²) in [7, 11) is 0. The Labute approximate surface area is 79.5 Å². The number of halogens is 1. The van der Waals surface area contributed by atoms with E-state index in [0.717, 1.165) is 6.26 Å². The van der Waals surface area contributed by atoms with Crippen LogP contribution in [-0.4, -0.2) is 4.92 Å². The number of rotatable bonds is 3. The molecule has 0 radical (unpaired) electrons. The van der Waals surface area contributed by atoms with Crippen molar-refractivity contribution in [2.24, 2.45) is 0 Å². The van der Waals surface area contributed by atoms with Crippen LogP contribution in [0, 0.1) is 10.1 Å². The van der Waals surface area contributed by atoms with E-state index in [9.17, 15) is 10.1 Å². The molecule has 0 aliphatic rings. The molecule has 0 amide bonds. The molecular weight excluding hydrogens is 194 g/mol. The van der Waals surface area contributed by atoms with E-state index in [1.807, 2.05) is 0 Å². The quantitative estimate of drug-likeness (QED) is 0.427. The highest BCUT2D eigenvalue weighted by atomic mass is 35.5. The van der Waals surface area contributed by atoms with Gasteiger partial charge >= 0.3 is 5.69 Å². The summed E-state index contributed by atoms with van der Waals surface area (Å²) >= 11 is 5.58. The molecule has 0 atom stereocenters. The van der Waals surface area contributed by atoms with Crippen LogP contribution in [0.5, 0.6) is 5.75 Å². The predicted molar refractivity (Wildman–Crippen MR) is 48.9 cm³/mol. The second-order valence-electron chi connectivity index (χ2n) is 2.15. The fraction of sp³-hybridized carbons (Fsp3) is 0. The largest absolute Gasteiger partial charge is 0.458 e. The van der Waals surface area contributed by atoms with Gasteiger partial charge in [-0.3, -0.25) is 10.1 Å². The summed E-state index contributed by atoms with van der Waals surface area (Å²) in [6.07, 6.45) is 1.12. The van der Waals surface area contributed by atoms with Gasteiger partial charge in [0.25, 0.3) is 0 Å². The second-order valence-corrected chi connectivity index (χ2v) is 2.59. The fourth-order valence-electron chi connectivity index (χ4n) is 0.823. The summed E-state index contributed by atoms with van der Waals surface area (Å²) < 4.78 is 4.82. The Hall–Kier alpha value is -1.55. The lowest BCUT2D eigenvalue weighted by molar-refractivity contribution is -0.385. The molecule has 0 spiro atoms. The monoisotopic (exact) mass is 199 g/mol. The standard InChI is InChI=1S/C8H6ClNO3/c1-2-13-8-4-3-6(9)5-7(8)10(11)12/h2-5H,1H2. The Morgan fingerprint density at radius 2 is 2.31 bits per heavy atom. The fourth-order valence-corrected chi connectivity index (χ4v) is 0.989. The third-order valence-electron chi connectivity index (χ3n) is 1.33. The van der Waals surface area contributed by atoms with E-state index in [0.29, 0.717) is 5.02 Å². The molecule has 0 aliphatic heterocycles. The molecule has 0 aromatic heterocycles. The lowest BCUT2D eigenvalue weighted by Gasteiger charge is -2.00. The maximum Gasteiger partial charge on any atom is 0.313 e. The smallest absolute Gasteiger partial charge is 0.313 e. The molecule has 0 bridgehead atoms. The topological polar surface area (TPSA) is 52.4 Å². The van der Waals surface area contributed by atoms with Gasteiger partial charge in [0, 0.05) is 11.1 Å². The van der Waals surface area contributed by atoms with E-state index in [4.69, 9.17) is 16.3 Å². The van der Waals surface area contributed by atoms with Crippen molar-refractivity contribution in [3.8, 4) is 5.75 Å². The van der Waals surface area contributed by atoms with Crippen molar-refractivity contribution in [3.63, 3.8) is 0 Å². The minimum Gasteiger partial charge on any atom is -0.458 e. The Bertz CT molecular complexity index is 351. The molecule has 0 saturated carbocycles. The zero-order valence-electron chi connectivity index (χ0n) is 6.57. The first-order valence-electron chi connectivity index (χ1n) is 3.36. The Morgan fingerprint density at radius 3 is 2.85 bits per heavy atom. The van der Waals surface area contributed by atoms with Crippen molar-refractivity contribution >= 4 is 17.3 Å².